The molecular formula is C13H23N3OS. The highest BCUT2D eigenvalue weighted by Gasteiger charge is 2.28. The minimum Gasteiger partial charge on any atom is -0.377 e. The maximum absolute atomic E-state index is 5.51. The van der Waals surface area contributed by atoms with Gasteiger partial charge in [0, 0.05) is 30.3 Å². The number of nitrogens with zero attached hydrogens (tertiary/aromatic N) is 2. The van der Waals surface area contributed by atoms with Gasteiger partial charge in [0.25, 0.3) is 0 Å². The molecule has 1 rings (SSSR count). The smallest absolute Gasteiger partial charge is 0.188 e. The van der Waals surface area contributed by atoms with Crippen molar-refractivity contribution in [3.05, 3.63) is 17.5 Å². The van der Waals surface area contributed by atoms with E-state index in [1.807, 2.05) is 27.0 Å². The summed E-state index contributed by atoms with van der Waals surface area (Å²) in [5.74, 6) is 0.875. The Kier molecular flexibility index (Phi) is 5.56. The summed E-state index contributed by atoms with van der Waals surface area (Å²) in [4.78, 5) is 8.86. The molecule has 0 saturated heterocycles. The Morgan fingerprint density at radius 2 is 1.89 bits per heavy atom. The van der Waals surface area contributed by atoms with Gasteiger partial charge >= 0.3 is 0 Å². The van der Waals surface area contributed by atoms with Crippen molar-refractivity contribution in [3.63, 3.8) is 0 Å². The van der Waals surface area contributed by atoms with Gasteiger partial charge in [-0.25, -0.2) is 9.97 Å². The zero-order valence-electron chi connectivity index (χ0n) is 12.1. The second kappa shape index (κ2) is 6.50. The maximum Gasteiger partial charge on any atom is 0.188 e. The molecule has 18 heavy (non-hydrogen) atoms. The standard InChI is InChI=1S/C13H23N3OS/c1-9-7-10(2)16-12(15-9)18-8-11(14-5)13(3,4)17-6/h7,11,14H,8H2,1-6H3. The lowest BCUT2D eigenvalue weighted by Gasteiger charge is -2.32. The molecule has 1 atom stereocenters. The lowest BCUT2D eigenvalue weighted by molar-refractivity contribution is -0.00156. The normalized spacial score (nSPS) is 13.7. The van der Waals surface area contributed by atoms with Crippen LogP contribution in [-0.4, -0.2) is 41.5 Å². The van der Waals surface area contributed by atoms with Crippen molar-refractivity contribution >= 4 is 11.8 Å². The minimum absolute atomic E-state index is 0.208. The number of ether oxygens (including phenoxy) is 1. The number of rotatable bonds is 6. The molecule has 0 bridgehead atoms. The van der Waals surface area contributed by atoms with Crippen molar-refractivity contribution in [2.45, 2.75) is 44.5 Å². The van der Waals surface area contributed by atoms with Crippen molar-refractivity contribution in [2.24, 2.45) is 0 Å². The van der Waals surface area contributed by atoms with E-state index < -0.39 is 0 Å². The Labute approximate surface area is 114 Å². The molecule has 0 amide bonds. The first-order valence-electron chi connectivity index (χ1n) is 6.06. The Balaban J connectivity index is 2.68. The Bertz CT molecular complexity index is 376. The zero-order chi connectivity index (χ0) is 13.8. The van der Waals surface area contributed by atoms with Crippen molar-refractivity contribution in [3.8, 4) is 0 Å². The predicted molar refractivity (Wildman–Crippen MR) is 76.2 cm³/mol. The van der Waals surface area contributed by atoms with Crippen molar-refractivity contribution < 1.29 is 4.74 Å². The van der Waals surface area contributed by atoms with E-state index in [1.165, 1.54) is 0 Å². The molecule has 0 aliphatic rings. The fraction of sp³-hybridized carbons (Fsp3) is 0.692. The monoisotopic (exact) mass is 269 g/mol. The van der Waals surface area contributed by atoms with Gasteiger partial charge in [0.2, 0.25) is 0 Å². The van der Waals surface area contributed by atoms with Crippen LogP contribution in [0.3, 0.4) is 0 Å². The number of nitrogens with one attached hydrogen (secondary N) is 1. The van der Waals surface area contributed by atoms with Gasteiger partial charge in [-0.15, -0.1) is 0 Å². The summed E-state index contributed by atoms with van der Waals surface area (Å²) in [6.45, 7) is 8.15. The van der Waals surface area contributed by atoms with Crippen LogP contribution in [-0.2, 0) is 4.74 Å². The fourth-order valence-electron chi connectivity index (χ4n) is 1.69. The lowest BCUT2D eigenvalue weighted by atomic mass is 10.0. The molecule has 1 aromatic heterocycles. The average Bonchev–Trinajstić information content (AvgIpc) is 2.28. The first-order valence-corrected chi connectivity index (χ1v) is 7.05. The number of hydrogen-bond donors (Lipinski definition) is 1. The number of methoxy groups -OCH3 is 1. The highest BCUT2D eigenvalue weighted by molar-refractivity contribution is 7.99. The van der Waals surface area contributed by atoms with Crippen LogP contribution in [0, 0.1) is 13.8 Å². The van der Waals surface area contributed by atoms with E-state index in [2.05, 4.69) is 29.1 Å². The summed E-state index contributed by atoms with van der Waals surface area (Å²) in [5, 5.41) is 4.12. The molecule has 4 nitrogen and oxygen atoms in total. The third kappa shape index (κ3) is 4.23. The third-order valence-electron chi connectivity index (χ3n) is 3.05. The highest BCUT2D eigenvalue weighted by Crippen LogP contribution is 2.21. The molecule has 1 aromatic rings. The van der Waals surface area contributed by atoms with E-state index in [9.17, 15) is 0 Å². The molecule has 0 fully saturated rings. The predicted octanol–water partition coefficient (Wildman–Crippen LogP) is 2.20. The molecule has 0 radical (unpaired) electrons. The van der Waals surface area contributed by atoms with Crippen LogP contribution in [0.4, 0.5) is 0 Å². The van der Waals surface area contributed by atoms with Gasteiger partial charge in [-0.05, 0) is 40.8 Å². The van der Waals surface area contributed by atoms with Crippen LogP contribution in [0.5, 0.6) is 0 Å². The van der Waals surface area contributed by atoms with Crippen LogP contribution in [0.1, 0.15) is 25.2 Å². The van der Waals surface area contributed by atoms with Gasteiger partial charge < -0.3 is 10.1 Å². The zero-order valence-corrected chi connectivity index (χ0v) is 12.9. The third-order valence-corrected chi connectivity index (χ3v) is 4.00. The Morgan fingerprint density at radius 1 is 1.33 bits per heavy atom. The fourth-order valence-corrected chi connectivity index (χ4v) is 2.99. The molecule has 0 spiro atoms. The van der Waals surface area contributed by atoms with E-state index >= 15 is 0 Å². The Hall–Kier alpha value is -0.650. The van der Waals surface area contributed by atoms with Gasteiger partial charge in [-0.2, -0.15) is 0 Å². The van der Waals surface area contributed by atoms with Crippen molar-refractivity contribution in [2.75, 3.05) is 19.9 Å². The van der Waals surface area contributed by atoms with E-state index in [4.69, 9.17) is 4.74 Å². The lowest BCUT2D eigenvalue weighted by Crippen LogP contribution is -2.48. The molecule has 0 aliphatic carbocycles. The number of aryl methyl sites for hydroxylation is 2. The van der Waals surface area contributed by atoms with Crippen molar-refractivity contribution in [1.82, 2.24) is 15.3 Å². The number of hydrogen-bond acceptors (Lipinski definition) is 5. The number of aromatic nitrogens is 2. The van der Waals surface area contributed by atoms with E-state index in [0.717, 1.165) is 22.3 Å². The Morgan fingerprint density at radius 3 is 2.33 bits per heavy atom. The molecule has 1 heterocycles. The summed E-state index contributed by atoms with van der Waals surface area (Å²) >= 11 is 1.66. The quantitative estimate of drug-likeness (QED) is 0.633. The first kappa shape index (κ1) is 15.4. The summed E-state index contributed by atoms with van der Waals surface area (Å²) < 4.78 is 5.51. The van der Waals surface area contributed by atoms with Gasteiger partial charge in [-0.3, -0.25) is 0 Å². The van der Waals surface area contributed by atoms with Crippen LogP contribution < -0.4 is 5.32 Å². The average molecular weight is 269 g/mol. The summed E-state index contributed by atoms with van der Waals surface area (Å²) in [7, 11) is 3.69. The minimum atomic E-state index is -0.208. The highest BCUT2D eigenvalue weighted by atomic mass is 32.2. The van der Waals surface area contributed by atoms with Crippen LogP contribution >= 0.6 is 11.8 Å². The number of likely N-dealkylation sites (N-methyl/N-ethyl adjacent to an activating group) is 1. The van der Waals surface area contributed by atoms with Crippen LogP contribution in [0.2, 0.25) is 0 Å². The van der Waals surface area contributed by atoms with Crippen LogP contribution in [0.25, 0.3) is 0 Å². The first-order chi connectivity index (χ1) is 8.39. The molecule has 102 valence electrons. The topological polar surface area (TPSA) is 47.0 Å². The SMILES string of the molecule is CNC(CSc1nc(C)cc(C)n1)C(C)(C)OC. The second-order valence-electron chi connectivity index (χ2n) is 4.89. The molecule has 0 aromatic carbocycles. The summed E-state index contributed by atoms with van der Waals surface area (Å²) in [6, 6.07) is 2.23. The van der Waals surface area contributed by atoms with Gasteiger partial charge in [-0.1, -0.05) is 11.8 Å². The van der Waals surface area contributed by atoms with Gasteiger partial charge in [0.1, 0.15) is 0 Å². The molecule has 5 heteroatoms. The molecule has 0 aliphatic heterocycles. The van der Waals surface area contributed by atoms with Gasteiger partial charge in [0.15, 0.2) is 5.16 Å². The summed E-state index contributed by atoms with van der Waals surface area (Å²) in [5.41, 5.74) is 1.81. The molecule has 0 saturated carbocycles. The maximum atomic E-state index is 5.51. The molecule has 1 unspecified atom stereocenters. The van der Waals surface area contributed by atoms with Crippen LogP contribution in [0.15, 0.2) is 11.2 Å². The van der Waals surface area contributed by atoms with E-state index in [1.54, 1.807) is 18.9 Å². The molecular weight excluding hydrogens is 246 g/mol. The van der Waals surface area contributed by atoms with Gasteiger partial charge in [0.05, 0.1) is 5.60 Å². The number of thioether (sulfide) groups is 1. The van der Waals surface area contributed by atoms with E-state index in [-0.39, 0.29) is 11.6 Å². The van der Waals surface area contributed by atoms with Crippen molar-refractivity contribution in [1.29, 1.82) is 0 Å². The second-order valence-corrected chi connectivity index (χ2v) is 5.88. The molecule has 1 N–H and O–H groups in total. The van der Waals surface area contributed by atoms with E-state index in [0.29, 0.717) is 0 Å². The summed E-state index contributed by atoms with van der Waals surface area (Å²) in [6.07, 6.45) is 0. The largest absolute Gasteiger partial charge is 0.377 e.